The van der Waals surface area contributed by atoms with Crippen molar-refractivity contribution in [2.24, 2.45) is 0 Å². The monoisotopic (exact) mass is 413 g/mol. The molecule has 0 spiro atoms. The first-order valence-corrected chi connectivity index (χ1v) is 9.96. The number of carboxylic acid groups (broad SMARTS) is 1. The SMILES string of the molecule is COc1ccc(C(=O)NC2(C(=O)O)CCCC2O)cc1OCCc1cccc(C)c1. The molecule has 2 unspecified atom stereocenters. The summed E-state index contributed by atoms with van der Waals surface area (Å²) < 4.78 is 11.2. The molecule has 2 atom stereocenters. The molecule has 30 heavy (non-hydrogen) atoms. The molecule has 0 heterocycles. The Hall–Kier alpha value is -3.06. The maximum Gasteiger partial charge on any atom is 0.332 e. The van der Waals surface area contributed by atoms with Crippen LogP contribution in [0.3, 0.4) is 0 Å². The Labute approximate surface area is 175 Å². The van der Waals surface area contributed by atoms with Crippen molar-refractivity contribution in [1.29, 1.82) is 0 Å². The van der Waals surface area contributed by atoms with E-state index in [0.29, 0.717) is 37.4 Å². The van der Waals surface area contributed by atoms with Crippen LogP contribution in [0.1, 0.15) is 40.7 Å². The Morgan fingerprint density at radius 2 is 2.00 bits per heavy atom. The van der Waals surface area contributed by atoms with Crippen LogP contribution in [0.25, 0.3) is 0 Å². The number of hydrogen-bond acceptors (Lipinski definition) is 5. The van der Waals surface area contributed by atoms with Crippen molar-refractivity contribution in [1.82, 2.24) is 5.32 Å². The Bertz CT molecular complexity index is 928. The Morgan fingerprint density at radius 1 is 1.20 bits per heavy atom. The summed E-state index contributed by atoms with van der Waals surface area (Å²) in [6, 6.07) is 12.8. The molecule has 2 aromatic carbocycles. The quantitative estimate of drug-likeness (QED) is 0.615. The van der Waals surface area contributed by atoms with Crippen LogP contribution in [0, 0.1) is 6.92 Å². The van der Waals surface area contributed by atoms with E-state index < -0.39 is 23.5 Å². The fraction of sp³-hybridized carbons (Fsp3) is 0.391. The van der Waals surface area contributed by atoms with Crippen LogP contribution in [0.5, 0.6) is 11.5 Å². The van der Waals surface area contributed by atoms with Crippen LogP contribution in [0.4, 0.5) is 0 Å². The summed E-state index contributed by atoms with van der Waals surface area (Å²) in [5.41, 5.74) is 0.885. The Balaban J connectivity index is 1.73. The standard InChI is InChI=1S/C23H27NO6/c1-15-5-3-6-16(13-15)10-12-30-19-14-17(8-9-18(19)29-2)21(26)24-23(22(27)28)11-4-7-20(23)25/h3,5-6,8-9,13-14,20,25H,4,7,10-12H2,1-2H3,(H,24,26)(H,27,28). The van der Waals surface area contributed by atoms with Crippen molar-refractivity contribution in [3.63, 3.8) is 0 Å². The first-order chi connectivity index (χ1) is 14.4. The van der Waals surface area contributed by atoms with E-state index in [1.165, 1.54) is 18.7 Å². The summed E-state index contributed by atoms with van der Waals surface area (Å²) in [6.07, 6.45) is 0.620. The van der Waals surface area contributed by atoms with Crippen LogP contribution in [0.15, 0.2) is 42.5 Å². The van der Waals surface area contributed by atoms with Gasteiger partial charge in [0.15, 0.2) is 17.0 Å². The van der Waals surface area contributed by atoms with Gasteiger partial charge in [0.25, 0.3) is 5.91 Å². The zero-order valence-electron chi connectivity index (χ0n) is 17.2. The molecule has 1 amide bonds. The highest BCUT2D eigenvalue weighted by Crippen LogP contribution is 2.32. The van der Waals surface area contributed by atoms with E-state index in [1.807, 2.05) is 25.1 Å². The predicted octanol–water partition coefficient (Wildman–Crippen LogP) is 2.72. The minimum atomic E-state index is -1.66. The van der Waals surface area contributed by atoms with Crippen molar-refractivity contribution in [2.45, 2.75) is 44.2 Å². The number of aryl methyl sites for hydroxylation is 1. The van der Waals surface area contributed by atoms with E-state index in [9.17, 15) is 19.8 Å². The number of rotatable bonds is 8. The van der Waals surface area contributed by atoms with E-state index in [0.717, 1.165) is 5.56 Å². The minimum Gasteiger partial charge on any atom is -0.493 e. The third-order valence-corrected chi connectivity index (χ3v) is 5.49. The van der Waals surface area contributed by atoms with Gasteiger partial charge in [-0.15, -0.1) is 0 Å². The number of aliphatic carboxylic acids is 1. The third-order valence-electron chi connectivity index (χ3n) is 5.49. The van der Waals surface area contributed by atoms with Gasteiger partial charge in [0.2, 0.25) is 0 Å². The molecule has 7 nitrogen and oxygen atoms in total. The number of ether oxygens (including phenoxy) is 2. The van der Waals surface area contributed by atoms with Gasteiger partial charge in [-0.05, 0) is 49.9 Å². The van der Waals surface area contributed by atoms with Gasteiger partial charge in [-0.1, -0.05) is 29.8 Å². The highest BCUT2D eigenvalue weighted by molar-refractivity contribution is 5.98. The molecule has 0 bridgehead atoms. The summed E-state index contributed by atoms with van der Waals surface area (Å²) in [5.74, 6) is -0.938. The van der Waals surface area contributed by atoms with E-state index in [-0.39, 0.29) is 12.0 Å². The summed E-state index contributed by atoms with van der Waals surface area (Å²) in [4.78, 5) is 24.5. The van der Waals surface area contributed by atoms with Gasteiger partial charge in [-0.25, -0.2) is 4.79 Å². The van der Waals surface area contributed by atoms with Gasteiger partial charge in [-0.2, -0.15) is 0 Å². The first-order valence-electron chi connectivity index (χ1n) is 9.96. The number of amides is 1. The first kappa shape index (κ1) is 21.6. The number of carbonyl (C=O) groups is 2. The van der Waals surface area contributed by atoms with E-state index in [4.69, 9.17) is 9.47 Å². The molecule has 1 saturated carbocycles. The van der Waals surface area contributed by atoms with Crippen LogP contribution in [-0.2, 0) is 11.2 Å². The lowest BCUT2D eigenvalue weighted by Crippen LogP contribution is -2.59. The largest absolute Gasteiger partial charge is 0.493 e. The summed E-state index contributed by atoms with van der Waals surface area (Å²) in [5, 5.41) is 22.3. The molecule has 0 radical (unpaired) electrons. The second kappa shape index (κ2) is 9.17. The van der Waals surface area contributed by atoms with Crippen molar-refractivity contribution in [3.8, 4) is 11.5 Å². The van der Waals surface area contributed by atoms with Crippen molar-refractivity contribution < 1.29 is 29.3 Å². The van der Waals surface area contributed by atoms with Crippen molar-refractivity contribution in [3.05, 3.63) is 59.2 Å². The minimum absolute atomic E-state index is 0.186. The number of hydrogen-bond donors (Lipinski definition) is 3. The number of aliphatic hydroxyl groups is 1. The third kappa shape index (κ3) is 4.57. The predicted molar refractivity (Wildman–Crippen MR) is 111 cm³/mol. The lowest BCUT2D eigenvalue weighted by atomic mass is 9.94. The number of aliphatic hydroxyl groups excluding tert-OH is 1. The maximum absolute atomic E-state index is 12.8. The summed E-state index contributed by atoms with van der Waals surface area (Å²) in [6.45, 7) is 2.42. The number of benzene rings is 2. The second-order valence-corrected chi connectivity index (χ2v) is 7.59. The average molecular weight is 413 g/mol. The van der Waals surface area contributed by atoms with Gasteiger partial charge in [0, 0.05) is 12.0 Å². The molecule has 7 heteroatoms. The number of carbonyl (C=O) groups excluding carboxylic acids is 1. The van der Waals surface area contributed by atoms with E-state index in [1.54, 1.807) is 12.1 Å². The molecule has 160 valence electrons. The molecular weight excluding hydrogens is 386 g/mol. The molecule has 1 aliphatic carbocycles. The topological polar surface area (TPSA) is 105 Å². The highest BCUT2D eigenvalue weighted by atomic mass is 16.5. The van der Waals surface area contributed by atoms with Gasteiger partial charge in [0.05, 0.1) is 19.8 Å². The molecular formula is C23H27NO6. The molecule has 0 saturated heterocycles. The van der Waals surface area contributed by atoms with Gasteiger partial charge < -0.3 is 25.0 Å². The van der Waals surface area contributed by atoms with Gasteiger partial charge >= 0.3 is 5.97 Å². The van der Waals surface area contributed by atoms with E-state index >= 15 is 0 Å². The molecule has 0 aromatic heterocycles. The second-order valence-electron chi connectivity index (χ2n) is 7.59. The Morgan fingerprint density at radius 3 is 2.63 bits per heavy atom. The Kier molecular flexibility index (Phi) is 6.62. The molecule has 0 aliphatic heterocycles. The fourth-order valence-electron chi connectivity index (χ4n) is 3.79. The lowest BCUT2D eigenvalue weighted by Gasteiger charge is -2.29. The van der Waals surface area contributed by atoms with Crippen LogP contribution in [0.2, 0.25) is 0 Å². The van der Waals surface area contributed by atoms with Gasteiger partial charge in [0.1, 0.15) is 0 Å². The van der Waals surface area contributed by atoms with Crippen LogP contribution in [-0.4, -0.2) is 47.4 Å². The van der Waals surface area contributed by atoms with Crippen molar-refractivity contribution in [2.75, 3.05) is 13.7 Å². The lowest BCUT2D eigenvalue weighted by molar-refractivity contribution is -0.148. The zero-order chi connectivity index (χ0) is 21.7. The average Bonchev–Trinajstić information content (AvgIpc) is 3.09. The molecule has 1 aliphatic rings. The van der Waals surface area contributed by atoms with E-state index in [2.05, 4.69) is 11.4 Å². The number of methoxy groups -OCH3 is 1. The van der Waals surface area contributed by atoms with Crippen LogP contribution >= 0.6 is 0 Å². The van der Waals surface area contributed by atoms with Crippen molar-refractivity contribution >= 4 is 11.9 Å². The number of carboxylic acids is 1. The fourth-order valence-corrected chi connectivity index (χ4v) is 3.79. The molecule has 2 aromatic rings. The summed E-state index contributed by atoms with van der Waals surface area (Å²) >= 11 is 0. The molecule has 3 rings (SSSR count). The summed E-state index contributed by atoms with van der Waals surface area (Å²) in [7, 11) is 1.51. The number of nitrogens with one attached hydrogen (secondary N) is 1. The zero-order valence-corrected chi connectivity index (χ0v) is 17.2. The maximum atomic E-state index is 12.8. The van der Waals surface area contributed by atoms with Gasteiger partial charge in [-0.3, -0.25) is 4.79 Å². The highest BCUT2D eigenvalue weighted by Gasteiger charge is 2.50. The van der Waals surface area contributed by atoms with Crippen LogP contribution < -0.4 is 14.8 Å². The molecule has 3 N–H and O–H groups in total. The smallest absolute Gasteiger partial charge is 0.332 e. The normalized spacial score (nSPS) is 20.6. The molecule has 1 fully saturated rings.